The summed E-state index contributed by atoms with van der Waals surface area (Å²) < 4.78 is 1.96. The lowest BCUT2D eigenvalue weighted by atomic mass is 9.78. The second kappa shape index (κ2) is 6.41. The summed E-state index contributed by atoms with van der Waals surface area (Å²) in [5.41, 5.74) is 5.37. The first-order valence-corrected chi connectivity index (χ1v) is 7.49. The molecule has 2 unspecified atom stereocenters. The molecule has 21 heavy (non-hydrogen) atoms. The number of rotatable bonds is 5. The quantitative estimate of drug-likeness (QED) is 0.654. The Morgan fingerprint density at radius 3 is 2.43 bits per heavy atom. The molecule has 4 heteroatoms. The minimum absolute atomic E-state index is 0.0851. The predicted octanol–water partition coefficient (Wildman–Crippen LogP) is 3.45. The normalized spacial score (nSPS) is 14.9. The standard InChI is InChI=1S/C17H26N4/c1-13(17(2,3)4)12-15(20-18)16-10-11-19-21(16)14-8-6-5-7-9-14/h5-11,13,15,20H,12,18H2,1-4H3. The maximum absolute atomic E-state index is 5.81. The molecule has 0 saturated carbocycles. The number of nitrogens with zero attached hydrogens (tertiary/aromatic N) is 2. The molecule has 0 aliphatic rings. The largest absolute Gasteiger partial charge is 0.271 e. The van der Waals surface area contributed by atoms with Crippen LogP contribution in [0.4, 0.5) is 0 Å². The molecule has 2 atom stereocenters. The van der Waals surface area contributed by atoms with Gasteiger partial charge in [0.05, 0.1) is 17.4 Å². The summed E-state index contributed by atoms with van der Waals surface area (Å²) >= 11 is 0. The number of para-hydroxylation sites is 1. The van der Waals surface area contributed by atoms with Crippen LogP contribution < -0.4 is 11.3 Å². The Morgan fingerprint density at radius 1 is 1.19 bits per heavy atom. The van der Waals surface area contributed by atoms with Gasteiger partial charge in [-0.15, -0.1) is 0 Å². The van der Waals surface area contributed by atoms with E-state index >= 15 is 0 Å². The monoisotopic (exact) mass is 286 g/mol. The fraction of sp³-hybridized carbons (Fsp3) is 0.471. The second-order valence-corrected chi connectivity index (χ2v) is 6.73. The molecular weight excluding hydrogens is 260 g/mol. The van der Waals surface area contributed by atoms with Crippen molar-refractivity contribution in [1.29, 1.82) is 0 Å². The van der Waals surface area contributed by atoms with Crippen molar-refractivity contribution in [3.8, 4) is 5.69 Å². The third-order valence-corrected chi connectivity index (χ3v) is 4.30. The molecule has 2 aromatic rings. The van der Waals surface area contributed by atoms with Gasteiger partial charge in [-0.3, -0.25) is 11.3 Å². The number of aromatic nitrogens is 2. The summed E-state index contributed by atoms with van der Waals surface area (Å²) in [6.07, 6.45) is 2.80. The predicted molar refractivity (Wildman–Crippen MR) is 86.9 cm³/mol. The van der Waals surface area contributed by atoms with Crippen LogP contribution in [0.25, 0.3) is 5.69 Å². The van der Waals surface area contributed by atoms with Gasteiger partial charge in [-0.1, -0.05) is 45.9 Å². The summed E-state index contributed by atoms with van der Waals surface area (Å²) in [6, 6.07) is 12.3. The third-order valence-electron chi connectivity index (χ3n) is 4.30. The van der Waals surface area contributed by atoms with E-state index in [4.69, 9.17) is 5.84 Å². The van der Waals surface area contributed by atoms with E-state index in [9.17, 15) is 0 Å². The summed E-state index contributed by atoms with van der Waals surface area (Å²) in [7, 11) is 0. The van der Waals surface area contributed by atoms with E-state index in [-0.39, 0.29) is 11.5 Å². The van der Waals surface area contributed by atoms with Gasteiger partial charge in [-0.25, -0.2) is 4.68 Å². The molecule has 1 aromatic carbocycles. The highest BCUT2D eigenvalue weighted by atomic mass is 15.3. The van der Waals surface area contributed by atoms with Gasteiger partial charge < -0.3 is 0 Å². The molecule has 1 heterocycles. The van der Waals surface area contributed by atoms with Crippen LogP contribution in [-0.2, 0) is 0 Å². The molecule has 0 aliphatic carbocycles. The van der Waals surface area contributed by atoms with Crippen LogP contribution in [-0.4, -0.2) is 9.78 Å². The number of hydrazine groups is 1. The van der Waals surface area contributed by atoms with Crippen LogP contribution in [0.1, 0.15) is 45.9 Å². The highest BCUT2D eigenvalue weighted by molar-refractivity contribution is 5.33. The van der Waals surface area contributed by atoms with Crippen LogP contribution >= 0.6 is 0 Å². The molecule has 3 N–H and O–H groups in total. The maximum Gasteiger partial charge on any atom is 0.0649 e. The number of benzene rings is 1. The van der Waals surface area contributed by atoms with Gasteiger partial charge in [0.2, 0.25) is 0 Å². The summed E-state index contributed by atoms with van der Waals surface area (Å²) in [4.78, 5) is 0. The van der Waals surface area contributed by atoms with E-state index in [0.717, 1.165) is 17.8 Å². The number of hydrogen-bond acceptors (Lipinski definition) is 3. The van der Waals surface area contributed by atoms with Gasteiger partial charge in [0.15, 0.2) is 0 Å². The highest BCUT2D eigenvalue weighted by Gasteiger charge is 2.25. The van der Waals surface area contributed by atoms with Crippen molar-refractivity contribution >= 4 is 0 Å². The number of nitrogens with two attached hydrogens (primary N) is 1. The van der Waals surface area contributed by atoms with Crippen molar-refractivity contribution in [2.75, 3.05) is 0 Å². The lowest BCUT2D eigenvalue weighted by molar-refractivity contribution is 0.221. The molecule has 114 valence electrons. The fourth-order valence-electron chi connectivity index (χ4n) is 2.34. The zero-order valence-electron chi connectivity index (χ0n) is 13.4. The maximum atomic E-state index is 5.81. The molecule has 0 spiro atoms. The van der Waals surface area contributed by atoms with Crippen molar-refractivity contribution in [2.24, 2.45) is 17.2 Å². The zero-order chi connectivity index (χ0) is 15.5. The Labute approximate surface area is 127 Å². The van der Waals surface area contributed by atoms with E-state index in [1.807, 2.05) is 35.1 Å². The molecule has 0 aliphatic heterocycles. The highest BCUT2D eigenvalue weighted by Crippen LogP contribution is 2.33. The minimum atomic E-state index is 0.0851. The van der Waals surface area contributed by atoms with E-state index in [1.165, 1.54) is 0 Å². The van der Waals surface area contributed by atoms with E-state index in [0.29, 0.717) is 5.92 Å². The number of nitrogens with one attached hydrogen (secondary N) is 1. The van der Waals surface area contributed by atoms with Gasteiger partial charge in [-0.2, -0.15) is 5.10 Å². The molecule has 1 aromatic heterocycles. The van der Waals surface area contributed by atoms with Crippen LogP contribution in [0.15, 0.2) is 42.6 Å². The second-order valence-electron chi connectivity index (χ2n) is 6.73. The van der Waals surface area contributed by atoms with Crippen molar-refractivity contribution in [3.05, 3.63) is 48.3 Å². The molecule has 4 nitrogen and oxygen atoms in total. The lowest BCUT2D eigenvalue weighted by Gasteiger charge is -2.30. The van der Waals surface area contributed by atoms with Crippen molar-refractivity contribution in [3.63, 3.8) is 0 Å². The zero-order valence-corrected chi connectivity index (χ0v) is 13.4. The Bertz CT molecular complexity index is 554. The van der Waals surface area contributed by atoms with Crippen LogP contribution in [0.2, 0.25) is 0 Å². The fourth-order valence-corrected chi connectivity index (χ4v) is 2.34. The van der Waals surface area contributed by atoms with E-state index < -0.39 is 0 Å². The Balaban J connectivity index is 2.26. The Morgan fingerprint density at radius 2 is 1.86 bits per heavy atom. The Kier molecular flexibility index (Phi) is 4.80. The Hall–Kier alpha value is -1.65. The van der Waals surface area contributed by atoms with Crippen molar-refractivity contribution in [2.45, 2.75) is 40.2 Å². The van der Waals surface area contributed by atoms with Gasteiger partial charge in [0, 0.05) is 6.20 Å². The van der Waals surface area contributed by atoms with Gasteiger partial charge in [-0.05, 0) is 36.0 Å². The molecule has 0 bridgehead atoms. The van der Waals surface area contributed by atoms with Crippen LogP contribution in [0.5, 0.6) is 0 Å². The number of hydrogen-bond donors (Lipinski definition) is 2. The van der Waals surface area contributed by atoms with Gasteiger partial charge in [0.1, 0.15) is 0 Å². The average molecular weight is 286 g/mol. The van der Waals surface area contributed by atoms with Gasteiger partial charge >= 0.3 is 0 Å². The van der Waals surface area contributed by atoms with E-state index in [2.05, 4.69) is 50.4 Å². The lowest BCUT2D eigenvalue weighted by Crippen LogP contribution is -2.33. The molecule has 0 radical (unpaired) electrons. The molecule has 0 saturated heterocycles. The average Bonchev–Trinajstić information content (AvgIpc) is 2.93. The summed E-state index contributed by atoms with van der Waals surface area (Å²) in [5.74, 6) is 6.35. The van der Waals surface area contributed by atoms with Crippen LogP contribution in [0, 0.1) is 11.3 Å². The minimum Gasteiger partial charge on any atom is -0.271 e. The summed E-state index contributed by atoms with van der Waals surface area (Å²) in [5, 5.41) is 4.45. The first kappa shape index (κ1) is 15.7. The van der Waals surface area contributed by atoms with E-state index in [1.54, 1.807) is 0 Å². The first-order chi connectivity index (χ1) is 9.93. The van der Waals surface area contributed by atoms with Crippen LogP contribution in [0.3, 0.4) is 0 Å². The smallest absolute Gasteiger partial charge is 0.0649 e. The van der Waals surface area contributed by atoms with Gasteiger partial charge in [0.25, 0.3) is 0 Å². The van der Waals surface area contributed by atoms with Crippen molar-refractivity contribution < 1.29 is 0 Å². The topological polar surface area (TPSA) is 55.9 Å². The third kappa shape index (κ3) is 3.71. The molecule has 0 amide bonds. The summed E-state index contributed by atoms with van der Waals surface area (Å²) in [6.45, 7) is 9.06. The molecular formula is C17H26N4. The SMILES string of the molecule is CC(CC(NN)c1ccnn1-c1ccccc1)C(C)(C)C. The molecule has 2 rings (SSSR count). The van der Waals surface area contributed by atoms with Crippen molar-refractivity contribution in [1.82, 2.24) is 15.2 Å². The molecule has 0 fully saturated rings. The first-order valence-electron chi connectivity index (χ1n) is 7.49.